The molecule has 0 bridgehead atoms. The van der Waals surface area contributed by atoms with E-state index in [2.05, 4.69) is 6.58 Å². The lowest BCUT2D eigenvalue weighted by molar-refractivity contribution is 0.0728. The quantitative estimate of drug-likeness (QED) is 0.353. The van der Waals surface area contributed by atoms with Gasteiger partial charge in [0.1, 0.15) is 6.29 Å². The minimum atomic E-state index is -0.476. The van der Waals surface area contributed by atoms with Gasteiger partial charge in [0.2, 0.25) is 0 Å². The number of allylic oxidation sites excluding steroid dienone is 1. The zero-order chi connectivity index (χ0) is 16.8. The van der Waals surface area contributed by atoms with Gasteiger partial charge in [0.15, 0.2) is 11.5 Å². The molecule has 118 valence electrons. The molecular weight excluding hydrogens is 292 g/mol. The lowest BCUT2D eigenvalue weighted by Crippen LogP contribution is -2.11. The Hall–Kier alpha value is -2.88. The Morgan fingerprint density at radius 3 is 2.65 bits per heavy atom. The molecule has 0 radical (unpaired) electrons. The van der Waals surface area contributed by atoms with Gasteiger partial charge in [-0.1, -0.05) is 23.8 Å². The number of carbonyl (C=O) groups is 2. The van der Waals surface area contributed by atoms with E-state index in [1.165, 1.54) is 7.11 Å². The van der Waals surface area contributed by atoms with Crippen molar-refractivity contribution in [2.75, 3.05) is 7.11 Å². The van der Waals surface area contributed by atoms with Crippen molar-refractivity contribution in [2.24, 2.45) is 0 Å². The Balaban J connectivity index is 2.42. The molecule has 0 saturated heterocycles. The number of hydrogen-bond donors (Lipinski definition) is 0. The van der Waals surface area contributed by atoms with E-state index < -0.39 is 5.97 Å². The fourth-order valence-corrected chi connectivity index (χ4v) is 2.25. The van der Waals surface area contributed by atoms with Gasteiger partial charge in [-0.05, 0) is 37.6 Å². The van der Waals surface area contributed by atoms with E-state index in [-0.39, 0.29) is 0 Å². The number of methoxy groups -OCH3 is 1. The molecule has 0 aliphatic heterocycles. The topological polar surface area (TPSA) is 52.6 Å². The first-order valence-corrected chi connectivity index (χ1v) is 7.15. The molecule has 2 aromatic carbocycles. The first kappa shape index (κ1) is 16.5. The maximum absolute atomic E-state index is 12.4. The molecular formula is C19H18O4. The van der Waals surface area contributed by atoms with Crippen molar-refractivity contribution in [1.82, 2.24) is 0 Å². The highest BCUT2D eigenvalue weighted by atomic mass is 16.6. The van der Waals surface area contributed by atoms with E-state index in [0.29, 0.717) is 34.6 Å². The third-order valence-electron chi connectivity index (χ3n) is 3.32. The second-order valence-corrected chi connectivity index (χ2v) is 5.08. The molecule has 4 nitrogen and oxygen atoms in total. The highest BCUT2D eigenvalue weighted by Gasteiger charge is 2.17. The van der Waals surface area contributed by atoms with E-state index in [4.69, 9.17) is 9.47 Å². The average molecular weight is 310 g/mol. The molecule has 0 aliphatic carbocycles. The number of esters is 1. The number of rotatable bonds is 6. The first-order valence-electron chi connectivity index (χ1n) is 7.15. The van der Waals surface area contributed by atoms with Crippen LogP contribution in [0.5, 0.6) is 11.5 Å². The SMILES string of the molecule is C=CCc1cc(C=O)cc(OC)c1OC(=O)c1cccc(C)c1. The summed E-state index contributed by atoms with van der Waals surface area (Å²) in [7, 11) is 1.46. The van der Waals surface area contributed by atoms with Crippen LogP contribution in [-0.4, -0.2) is 19.4 Å². The van der Waals surface area contributed by atoms with Gasteiger partial charge < -0.3 is 9.47 Å². The van der Waals surface area contributed by atoms with Crippen molar-refractivity contribution in [3.63, 3.8) is 0 Å². The van der Waals surface area contributed by atoms with Crippen LogP contribution < -0.4 is 9.47 Å². The fourth-order valence-electron chi connectivity index (χ4n) is 2.25. The molecule has 0 amide bonds. The Bertz CT molecular complexity index is 747. The molecule has 0 saturated carbocycles. The maximum Gasteiger partial charge on any atom is 0.343 e. The highest BCUT2D eigenvalue weighted by molar-refractivity contribution is 5.92. The van der Waals surface area contributed by atoms with Crippen LogP contribution in [-0.2, 0) is 6.42 Å². The maximum atomic E-state index is 12.4. The first-order chi connectivity index (χ1) is 11.1. The van der Waals surface area contributed by atoms with Crippen molar-refractivity contribution < 1.29 is 19.1 Å². The van der Waals surface area contributed by atoms with Gasteiger partial charge in [0.05, 0.1) is 12.7 Å². The van der Waals surface area contributed by atoms with Gasteiger partial charge in [-0.15, -0.1) is 6.58 Å². The van der Waals surface area contributed by atoms with Gasteiger partial charge in [-0.25, -0.2) is 4.79 Å². The third-order valence-corrected chi connectivity index (χ3v) is 3.32. The number of aldehydes is 1. The van der Waals surface area contributed by atoms with Crippen LogP contribution in [0.4, 0.5) is 0 Å². The summed E-state index contributed by atoms with van der Waals surface area (Å²) in [4.78, 5) is 23.4. The zero-order valence-electron chi connectivity index (χ0n) is 13.2. The van der Waals surface area contributed by atoms with Gasteiger partial charge in [0.25, 0.3) is 0 Å². The van der Waals surface area contributed by atoms with Crippen molar-refractivity contribution in [1.29, 1.82) is 0 Å². The van der Waals surface area contributed by atoms with Crippen molar-refractivity contribution in [2.45, 2.75) is 13.3 Å². The molecule has 0 N–H and O–H groups in total. The summed E-state index contributed by atoms with van der Waals surface area (Å²) in [5.41, 5.74) is 2.54. The number of aryl methyl sites for hydroxylation is 1. The third kappa shape index (κ3) is 3.86. The summed E-state index contributed by atoms with van der Waals surface area (Å²) < 4.78 is 10.8. The minimum Gasteiger partial charge on any atom is -0.493 e. The lowest BCUT2D eigenvalue weighted by atomic mass is 10.1. The fraction of sp³-hybridized carbons (Fsp3) is 0.158. The Labute approximate surface area is 135 Å². The predicted molar refractivity (Wildman–Crippen MR) is 88.4 cm³/mol. The van der Waals surface area contributed by atoms with Crippen LogP contribution in [0.15, 0.2) is 49.1 Å². The zero-order valence-corrected chi connectivity index (χ0v) is 13.2. The number of hydrogen-bond acceptors (Lipinski definition) is 4. The van der Waals surface area contributed by atoms with Crippen molar-refractivity contribution in [3.05, 3.63) is 71.3 Å². The molecule has 0 unspecified atom stereocenters. The predicted octanol–water partition coefficient (Wildman–Crippen LogP) is 3.76. The monoisotopic (exact) mass is 310 g/mol. The number of benzene rings is 2. The Morgan fingerprint density at radius 1 is 1.26 bits per heavy atom. The van der Waals surface area contributed by atoms with Crippen LogP contribution in [0.1, 0.15) is 31.8 Å². The molecule has 2 rings (SSSR count). The summed E-state index contributed by atoms with van der Waals surface area (Å²) in [5, 5.41) is 0. The van der Waals surface area contributed by atoms with Crippen LogP contribution >= 0.6 is 0 Å². The van der Waals surface area contributed by atoms with Gasteiger partial charge in [0, 0.05) is 11.1 Å². The normalized spacial score (nSPS) is 10.0. The summed E-state index contributed by atoms with van der Waals surface area (Å²) in [6, 6.07) is 10.3. The molecule has 23 heavy (non-hydrogen) atoms. The van der Waals surface area contributed by atoms with E-state index in [1.54, 1.807) is 36.4 Å². The Kier molecular flexibility index (Phi) is 5.31. The summed E-state index contributed by atoms with van der Waals surface area (Å²) in [6.07, 6.45) is 2.85. The van der Waals surface area contributed by atoms with Crippen molar-refractivity contribution in [3.8, 4) is 11.5 Å². The summed E-state index contributed by atoms with van der Waals surface area (Å²) >= 11 is 0. The highest BCUT2D eigenvalue weighted by Crippen LogP contribution is 2.33. The van der Waals surface area contributed by atoms with Crippen LogP contribution in [0, 0.1) is 6.92 Å². The van der Waals surface area contributed by atoms with Crippen molar-refractivity contribution >= 4 is 12.3 Å². The van der Waals surface area contributed by atoms with Crippen LogP contribution in [0.3, 0.4) is 0 Å². The number of ether oxygens (including phenoxy) is 2. The van der Waals surface area contributed by atoms with Crippen LogP contribution in [0.2, 0.25) is 0 Å². The summed E-state index contributed by atoms with van der Waals surface area (Å²) in [6.45, 7) is 5.59. The molecule has 0 heterocycles. The minimum absolute atomic E-state index is 0.310. The second-order valence-electron chi connectivity index (χ2n) is 5.08. The number of carbonyl (C=O) groups excluding carboxylic acids is 2. The van der Waals surface area contributed by atoms with Gasteiger partial charge >= 0.3 is 5.97 Å². The standard InChI is InChI=1S/C19H18O4/c1-4-6-15-10-14(12-20)11-17(22-3)18(15)23-19(21)16-8-5-7-13(2)9-16/h4-5,7-12H,1,6H2,2-3H3. The smallest absolute Gasteiger partial charge is 0.343 e. The molecule has 2 aromatic rings. The van der Waals surface area contributed by atoms with E-state index in [9.17, 15) is 9.59 Å². The molecule has 0 aliphatic rings. The lowest BCUT2D eigenvalue weighted by Gasteiger charge is -2.14. The second kappa shape index (κ2) is 7.40. The summed E-state index contributed by atoms with van der Waals surface area (Å²) in [5.74, 6) is 0.174. The van der Waals surface area contributed by atoms with E-state index in [1.807, 2.05) is 13.0 Å². The Morgan fingerprint density at radius 2 is 2.04 bits per heavy atom. The largest absolute Gasteiger partial charge is 0.493 e. The van der Waals surface area contributed by atoms with Gasteiger partial charge in [-0.3, -0.25) is 4.79 Å². The molecule has 0 spiro atoms. The van der Waals surface area contributed by atoms with E-state index in [0.717, 1.165) is 11.8 Å². The molecule has 0 fully saturated rings. The molecule has 0 atom stereocenters. The average Bonchev–Trinajstić information content (AvgIpc) is 2.56. The molecule has 4 heteroatoms. The van der Waals surface area contributed by atoms with Gasteiger partial charge in [-0.2, -0.15) is 0 Å². The van der Waals surface area contributed by atoms with E-state index >= 15 is 0 Å². The molecule has 0 aromatic heterocycles. The van der Waals surface area contributed by atoms with Crippen LogP contribution in [0.25, 0.3) is 0 Å².